The number of aliphatic carboxylic acids is 1. The number of amides is 2. The molecule has 19 nitrogen and oxygen atoms in total. The van der Waals surface area contributed by atoms with Crippen molar-refractivity contribution in [2.45, 2.75) is 6.42 Å². The molecule has 360 valence electrons. The molecule has 2 amide bonds. The number of aldehydes is 1. The van der Waals surface area contributed by atoms with Gasteiger partial charge in [0.1, 0.15) is 32.8 Å². The predicted molar refractivity (Wildman–Crippen MR) is 253 cm³/mol. The molecule has 0 aliphatic carbocycles. The van der Waals surface area contributed by atoms with E-state index in [9.17, 15) is 33.9 Å². The maximum absolute atomic E-state index is 12.4. The van der Waals surface area contributed by atoms with Crippen molar-refractivity contribution in [2.24, 2.45) is 0 Å². The molecule has 19 heteroatoms. The molecule has 0 aliphatic rings. The summed E-state index contributed by atoms with van der Waals surface area (Å²) in [5.41, 5.74) is 1.19. The minimum Gasteiger partial charge on any atom is -0.490 e. The van der Waals surface area contributed by atoms with Crippen LogP contribution in [0, 0.1) is 24.7 Å². The van der Waals surface area contributed by atoms with Gasteiger partial charge >= 0.3 is 17.9 Å². The van der Waals surface area contributed by atoms with Gasteiger partial charge in [-0.1, -0.05) is 36.1 Å². The molecule has 0 radical (unpaired) electrons. The number of hydrogen-bond donors (Lipinski definition) is 5. The summed E-state index contributed by atoms with van der Waals surface area (Å²) in [4.78, 5) is 70.9. The van der Waals surface area contributed by atoms with Crippen LogP contribution < -0.4 is 39.1 Å². The Kier molecular flexibility index (Phi) is 24.4. The quantitative estimate of drug-likeness (QED) is 0.0276. The molecule has 4 rings (SSSR count). The molecule has 0 aliphatic heterocycles. The van der Waals surface area contributed by atoms with E-state index >= 15 is 0 Å². The maximum atomic E-state index is 12.4. The average Bonchev–Trinajstić information content (AvgIpc) is 3.29. The van der Waals surface area contributed by atoms with Crippen LogP contribution in [0.2, 0.25) is 0 Å². The average molecular weight is 939 g/mol. The van der Waals surface area contributed by atoms with Crippen LogP contribution in [0.5, 0.6) is 34.5 Å². The number of para-hydroxylation sites is 2. The van der Waals surface area contributed by atoms with Crippen LogP contribution in [-0.2, 0) is 14.4 Å². The predicted octanol–water partition coefficient (Wildman–Crippen LogP) is 5.26. The molecule has 5 N–H and O–H groups in total. The van der Waals surface area contributed by atoms with Gasteiger partial charge in [-0.15, -0.1) is 12.8 Å². The lowest BCUT2D eigenvalue weighted by Gasteiger charge is -2.18. The zero-order valence-electron chi connectivity index (χ0n) is 38.4. The molecule has 4 aromatic rings. The largest absolute Gasteiger partial charge is 0.490 e. The van der Waals surface area contributed by atoms with Crippen LogP contribution in [0.15, 0.2) is 78.9 Å². The van der Waals surface area contributed by atoms with E-state index in [2.05, 4.69) is 22.5 Å². The van der Waals surface area contributed by atoms with E-state index < -0.39 is 36.1 Å². The minimum absolute atomic E-state index is 0.00126. The first-order valence-corrected chi connectivity index (χ1v) is 20.2. The van der Waals surface area contributed by atoms with Gasteiger partial charge in [-0.05, 0) is 82.8 Å². The van der Waals surface area contributed by atoms with Gasteiger partial charge < -0.3 is 64.2 Å². The van der Waals surface area contributed by atoms with Gasteiger partial charge in [-0.25, -0.2) is 9.59 Å². The van der Waals surface area contributed by atoms with Crippen molar-refractivity contribution >= 4 is 53.5 Å². The third-order valence-electron chi connectivity index (χ3n) is 8.51. The number of rotatable bonds is 23. The summed E-state index contributed by atoms with van der Waals surface area (Å²) in [7, 11) is 10.7. The molecule has 0 fully saturated rings. The summed E-state index contributed by atoms with van der Waals surface area (Å²) in [6.45, 7) is 2.37. The Balaban J connectivity index is 0.000000377. The number of benzene rings is 4. The van der Waals surface area contributed by atoms with Crippen molar-refractivity contribution in [3.8, 4) is 59.2 Å². The number of aromatic carboxylic acids is 2. The molecule has 0 spiro atoms. The number of ether oxygens (including phenoxy) is 6. The van der Waals surface area contributed by atoms with E-state index in [1.807, 2.05) is 38.0 Å². The van der Waals surface area contributed by atoms with Crippen molar-refractivity contribution in [2.75, 3.05) is 92.6 Å². The Morgan fingerprint density at radius 3 is 1.47 bits per heavy atom. The van der Waals surface area contributed by atoms with Gasteiger partial charge in [-0.2, -0.15) is 0 Å². The van der Waals surface area contributed by atoms with Gasteiger partial charge in [0, 0.05) is 24.7 Å². The van der Waals surface area contributed by atoms with Crippen molar-refractivity contribution in [1.29, 1.82) is 0 Å². The smallest absolute Gasteiger partial charge is 0.337 e. The molecular weight excluding hydrogens is 885 g/mol. The molecule has 0 aromatic heterocycles. The molecule has 0 saturated heterocycles. The first kappa shape index (κ1) is 55.6. The Morgan fingerprint density at radius 2 is 1.06 bits per heavy atom. The summed E-state index contributed by atoms with van der Waals surface area (Å²) in [6.07, 6.45) is 13.3. The van der Waals surface area contributed by atoms with Gasteiger partial charge in [0.25, 0.3) is 0 Å². The summed E-state index contributed by atoms with van der Waals surface area (Å²) in [5.74, 6) is 2.32. The zero-order valence-corrected chi connectivity index (χ0v) is 38.4. The Hall–Kier alpha value is -8.52. The summed E-state index contributed by atoms with van der Waals surface area (Å²) >= 11 is 0. The number of terminal acetylenes is 2. The fourth-order valence-electron chi connectivity index (χ4n) is 5.38. The fraction of sp³-hybridized carbons (Fsp3) is 0.265. The molecule has 0 unspecified atom stereocenters. The van der Waals surface area contributed by atoms with Crippen molar-refractivity contribution in [1.82, 2.24) is 9.80 Å². The summed E-state index contributed by atoms with van der Waals surface area (Å²) < 4.78 is 33.3. The third kappa shape index (κ3) is 18.9. The van der Waals surface area contributed by atoms with E-state index in [-0.39, 0.29) is 35.7 Å². The van der Waals surface area contributed by atoms with Crippen LogP contribution in [0.3, 0.4) is 0 Å². The minimum atomic E-state index is -1.27. The molecule has 0 saturated carbocycles. The number of likely N-dealkylation sites (N-methyl/N-ethyl adjacent to an activating group) is 2. The van der Waals surface area contributed by atoms with Crippen molar-refractivity contribution < 1.29 is 72.5 Å². The van der Waals surface area contributed by atoms with Crippen LogP contribution in [0.25, 0.3) is 6.08 Å². The molecule has 0 heterocycles. The first-order valence-electron chi connectivity index (χ1n) is 20.2. The molecule has 68 heavy (non-hydrogen) atoms. The second kappa shape index (κ2) is 29.8. The standard InChI is InChI=1S/C24H26N2O6.C15H19NO4.C10H9NO5/c1-5-15-31-20-12-10-17(22(23(20)30-4)32-16-14-26(2)3)11-13-21(27)25-19-9-7-6-8-18(19)24(28)29;1-5-9-19-13-7-6-12(11-17)14(15(13)18-4)20-10-8-16(2)3;12-8(5-9(13)14)11-7-4-2-1-3-6(7)10(15)16/h1,6-13H,14-16H2,2-4H3,(H,25,27)(H,28,29);1,6-7,11H,8-10H2,2-4H3;1-4H,5H2,(H,11,12)(H,13,14)(H,15,16)/b13-11+;;. The zero-order chi connectivity index (χ0) is 50.6. The number of carbonyl (C=O) groups is 6. The SMILES string of the molecule is C#CCOc1ccc(/C=C/C(=O)Nc2ccccc2C(=O)O)c(OCCN(C)C)c1OC.C#CCOc1ccc(C=O)c(OCCN(C)C)c1OC.O=C(O)CC(=O)Nc1ccccc1C(=O)O. The fourth-order valence-corrected chi connectivity index (χ4v) is 5.38. The second-order valence-electron chi connectivity index (χ2n) is 14.1. The number of methoxy groups -OCH3 is 2. The van der Waals surface area contributed by atoms with Gasteiger partial charge in [0.2, 0.25) is 23.3 Å². The number of carboxylic acid groups (broad SMARTS) is 3. The molecular formula is C49H54N4O15. The van der Waals surface area contributed by atoms with Gasteiger partial charge in [0.15, 0.2) is 29.3 Å². The van der Waals surface area contributed by atoms with Crippen molar-refractivity contribution in [3.63, 3.8) is 0 Å². The second-order valence-corrected chi connectivity index (χ2v) is 14.1. The number of anilines is 2. The van der Waals surface area contributed by atoms with Gasteiger partial charge in [0.05, 0.1) is 42.3 Å². The van der Waals surface area contributed by atoms with E-state index in [4.69, 9.17) is 51.5 Å². The van der Waals surface area contributed by atoms with Crippen molar-refractivity contribution in [3.05, 3.63) is 101 Å². The number of hydrogen-bond acceptors (Lipinski definition) is 14. The highest BCUT2D eigenvalue weighted by molar-refractivity contribution is 6.06. The molecule has 0 bridgehead atoms. The molecule has 4 aromatic carbocycles. The highest BCUT2D eigenvalue weighted by Gasteiger charge is 2.19. The first-order chi connectivity index (χ1) is 32.5. The van der Waals surface area contributed by atoms with Crippen LogP contribution >= 0.6 is 0 Å². The van der Waals surface area contributed by atoms with E-state index in [1.165, 1.54) is 50.6 Å². The number of nitrogens with one attached hydrogen (secondary N) is 2. The normalized spacial score (nSPS) is 10.1. The lowest BCUT2D eigenvalue weighted by molar-refractivity contribution is -0.139. The lowest BCUT2D eigenvalue weighted by Crippen LogP contribution is -2.20. The highest BCUT2D eigenvalue weighted by Crippen LogP contribution is 2.41. The Bertz CT molecular complexity index is 2470. The maximum Gasteiger partial charge on any atom is 0.337 e. The molecule has 0 atom stereocenters. The number of carbonyl (C=O) groups excluding carboxylic acids is 3. The summed E-state index contributed by atoms with van der Waals surface area (Å²) in [5, 5.41) is 31.2. The summed E-state index contributed by atoms with van der Waals surface area (Å²) in [6, 6.07) is 18.6. The van der Waals surface area contributed by atoms with Gasteiger partial charge in [-0.3, -0.25) is 19.2 Å². The van der Waals surface area contributed by atoms with E-state index in [1.54, 1.807) is 48.5 Å². The Labute approximate surface area is 394 Å². The number of carboxylic acids is 3. The topological polar surface area (TPSA) is 249 Å². The van der Waals surface area contributed by atoms with E-state index in [0.717, 1.165) is 12.8 Å². The number of nitrogens with zero attached hydrogens (tertiary/aromatic N) is 2. The Morgan fingerprint density at radius 1 is 0.618 bits per heavy atom. The lowest BCUT2D eigenvalue weighted by atomic mass is 10.1. The monoisotopic (exact) mass is 938 g/mol. The van der Waals surface area contributed by atoms with Crippen LogP contribution in [0.1, 0.15) is 43.1 Å². The highest BCUT2D eigenvalue weighted by atomic mass is 16.5. The van der Waals surface area contributed by atoms with Crippen LogP contribution in [-0.4, -0.2) is 143 Å². The third-order valence-corrected chi connectivity index (χ3v) is 8.51. The van der Waals surface area contributed by atoms with Crippen LogP contribution in [0.4, 0.5) is 11.4 Å². The van der Waals surface area contributed by atoms with E-state index in [0.29, 0.717) is 65.4 Å².